The SMILES string of the molecule is CC(C)CNCC1(c2ccc(Cl)c(Cl)c2)CC1C. The number of hydrogen-bond donors (Lipinski definition) is 1. The van der Waals surface area contributed by atoms with Gasteiger partial charge in [0.2, 0.25) is 0 Å². The van der Waals surface area contributed by atoms with Crippen molar-refractivity contribution in [2.45, 2.75) is 32.6 Å². The Hall–Kier alpha value is -0.240. The molecule has 0 aromatic heterocycles. The van der Waals surface area contributed by atoms with E-state index in [-0.39, 0.29) is 5.41 Å². The molecule has 1 N–H and O–H groups in total. The predicted molar refractivity (Wildman–Crippen MR) is 79.6 cm³/mol. The Kier molecular flexibility index (Phi) is 4.25. The summed E-state index contributed by atoms with van der Waals surface area (Å²) in [5.41, 5.74) is 1.59. The van der Waals surface area contributed by atoms with Crippen molar-refractivity contribution < 1.29 is 0 Å². The van der Waals surface area contributed by atoms with Gasteiger partial charge in [0.05, 0.1) is 10.0 Å². The summed E-state index contributed by atoms with van der Waals surface area (Å²) < 4.78 is 0. The molecule has 2 unspecified atom stereocenters. The van der Waals surface area contributed by atoms with E-state index >= 15 is 0 Å². The van der Waals surface area contributed by atoms with Crippen molar-refractivity contribution in [1.29, 1.82) is 0 Å². The molecule has 0 bridgehead atoms. The zero-order valence-corrected chi connectivity index (χ0v) is 12.8. The summed E-state index contributed by atoms with van der Waals surface area (Å²) in [6, 6.07) is 6.06. The Labute approximate surface area is 120 Å². The molecule has 1 saturated carbocycles. The first-order valence-electron chi connectivity index (χ1n) is 6.62. The van der Waals surface area contributed by atoms with Crippen molar-refractivity contribution in [1.82, 2.24) is 5.32 Å². The van der Waals surface area contributed by atoms with Gasteiger partial charge >= 0.3 is 0 Å². The van der Waals surface area contributed by atoms with Crippen molar-refractivity contribution >= 4 is 23.2 Å². The van der Waals surface area contributed by atoms with Gasteiger partial charge in [-0.3, -0.25) is 0 Å². The highest BCUT2D eigenvalue weighted by molar-refractivity contribution is 6.42. The van der Waals surface area contributed by atoms with Crippen LogP contribution in [0.3, 0.4) is 0 Å². The summed E-state index contributed by atoms with van der Waals surface area (Å²) in [5.74, 6) is 1.40. The van der Waals surface area contributed by atoms with Gasteiger partial charge < -0.3 is 5.32 Å². The lowest BCUT2D eigenvalue weighted by Crippen LogP contribution is -2.31. The first kappa shape index (κ1) is 14.2. The minimum atomic E-state index is 0.267. The molecule has 1 aliphatic rings. The Morgan fingerprint density at radius 3 is 2.50 bits per heavy atom. The zero-order chi connectivity index (χ0) is 13.3. The van der Waals surface area contributed by atoms with Crippen molar-refractivity contribution in [3.05, 3.63) is 33.8 Å². The maximum absolute atomic E-state index is 6.13. The Balaban J connectivity index is 2.10. The van der Waals surface area contributed by atoms with Crippen LogP contribution in [0.5, 0.6) is 0 Å². The molecule has 0 spiro atoms. The largest absolute Gasteiger partial charge is 0.316 e. The summed E-state index contributed by atoms with van der Waals surface area (Å²) in [7, 11) is 0. The van der Waals surface area contributed by atoms with E-state index in [2.05, 4.69) is 32.2 Å². The van der Waals surface area contributed by atoms with Crippen LogP contribution in [0.4, 0.5) is 0 Å². The van der Waals surface area contributed by atoms with E-state index in [1.165, 1.54) is 12.0 Å². The van der Waals surface area contributed by atoms with Crippen LogP contribution in [-0.4, -0.2) is 13.1 Å². The first-order valence-corrected chi connectivity index (χ1v) is 7.37. The average molecular weight is 286 g/mol. The van der Waals surface area contributed by atoms with E-state index < -0.39 is 0 Å². The maximum Gasteiger partial charge on any atom is 0.0595 e. The lowest BCUT2D eigenvalue weighted by atomic mass is 9.93. The quantitative estimate of drug-likeness (QED) is 0.839. The molecule has 2 atom stereocenters. The van der Waals surface area contributed by atoms with Crippen molar-refractivity contribution in [2.24, 2.45) is 11.8 Å². The van der Waals surface area contributed by atoms with Gasteiger partial charge in [0.25, 0.3) is 0 Å². The van der Waals surface area contributed by atoms with Crippen LogP contribution in [0.25, 0.3) is 0 Å². The fourth-order valence-electron chi connectivity index (χ4n) is 2.63. The first-order chi connectivity index (χ1) is 8.45. The second-order valence-corrected chi connectivity index (χ2v) is 6.73. The average Bonchev–Trinajstić information content (AvgIpc) is 2.94. The zero-order valence-electron chi connectivity index (χ0n) is 11.3. The standard InChI is InChI=1S/C15H21Cl2N/c1-10(2)8-18-9-15(7-11(15)3)12-4-5-13(16)14(17)6-12/h4-6,10-11,18H,7-9H2,1-3H3. The molecule has 2 rings (SSSR count). The van der Waals surface area contributed by atoms with Gasteiger partial charge in [-0.15, -0.1) is 0 Å². The molecule has 0 amide bonds. The van der Waals surface area contributed by atoms with Gasteiger partial charge in [-0.05, 0) is 42.5 Å². The summed E-state index contributed by atoms with van der Waals surface area (Å²) >= 11 is 12.1. The lowest BCUT2D eigenvalue weighted by molar-refractivity contribution is 0.493. The van der Waals surface area contributed by atoms with Crippen LogP contribution >= 0.6 is 23.2 Å². The predicted octanol–water partition coefficient (Wildman–Crippen LogP) is 4.52. The molecule has 1 nitrogen and oxygen atoms in total. The highest BCUT2D eigenvalue weighted by atomic mass is 35.5. The molecule has 0 heterocycles. The highest BCUT2D eigenvalue weighted by Crippen LogP contribution is 2.54. The normalized spacial score (nSPS) is 26.7. The van der Waals surface area contributed by atoms with Gasteiger partial charge in [-0.1, -0.05) is 50.0 Å². The second kappa shape index (κ2) is 5.40. The minimum absolute atomic E-state index is 0.267. The fourth-order valence-corrected chi connectivity index (χ4v) is 2.93. The van der Waals surface area contributed by atoms with Crippen molar-refractivity contribution in [3.63, 3.8) is 0 Å². The van der Waals surface area contributed by atoms with Crippen LogP contribution in [0.15, 0.2) is 18.2 Å². The maximum atomic E-state index is 6.13. The Bertz CT molecular complexity index is 431. The van der Waals surface area contributed by atoms with Crippen LogP contribution in [0.1, 0.15) is 32.8 Å². The number of hydrogen-bond acceptors (Lipinski definition) is 1. The van der Waals surface area contributed by atoms with Crippen molar-refractivity contribution in [2.75, 3.05) is 13.1 Å². The van der Waals surface area contributed by atoms with Gasteiger partial charge in [0.15, 0.2) is 0 Å². The van der Waals surface area contributed by atoms with Crippen molar-refractivity contribution in [3.8, 4) is 0 Å². The molecule has 1 aliphatic carbocycles. The number of nitrogens with one attached hydrogen (secondary N) is 1. The molecule has 1 aromatic carbocycles. The highest BCUT2D eigenvalue weighted by Gasteiger charge is 2.51. The van der Waals surface area contributed by atoms with Crippen LogP contribution < -0.4 is 5.32 Å². The number of rotatable bonds is 5. The van der Waals surface area contributed by atoms with E-state index in [0.29, 0.717) is 16.0 Å². The van der Waals surface area contributed by atoms with E-state index in [1.807, 2.05) is 12.1 Å². The molecular formula is C15H21Cl2N. The third-order valence-electron chi connectivity index (χ3n) is 3.94. The number of benzene rings is 1. The Morgan fingerprint density at radius 1 is 1.33 bits per heavy atom. The third kappa shape index (κ3) is 2.84. The van der Waals surface area contributed by atoms with Crippen LogP contribution in [-0.2, 0) is 5.41 Å². The third-order valence-corrected chi connectivity index (χ3v) is 4.68. The smallest absolute Gasteiger partial charge is 0.0595 e. The molecule has 3 heteroatoms. The topological polar surface area (TPSA) is 12.0 Å². The molecule has 0 aliphatic heterocycles. The molecule has 1 aromatic rings. The minimum Gasteiger partial charge on any atom is -0.316 e. The number of halogens is 2. The second-order valence-electron chi connectivity index (χ2n) is 5.91. The summed E-state index contributed by atoms with van der Waals surface area (Å²) in [4.78, 5) is 0. The summed E-state index contributed by atoms with van der Waals surface area (Å²) in [6.07, 6.45) is 1.23. The van der Waals surface area contributed by atoms with Gasteiger partial charge in [0, 0.05) is 12.0 Å². The van der Waals surface area contributed by atoms with Crippen LogP contribution in [0, 0.1) is 11.8 Å². The molecular weight excluding hydrogens is 265 g/mol. The van der Waals surface area contributed by atoms with E-state index in [0.717, 1.165) is 19.0 Å². The monoisotopic (exact) mass is 285 g/mol. The van der Waals surface area contributed by atoms with E-state index in [9.17, 15) is 0 Å². The summed E-state index contributed by atoms with van der Waals surface area (Å²) in [5, 5.41) is 4.88. The van der Waals surface area contributed by atoms with Gasteiger partial charge in [-0.25, -0.2) is 0 Å². The molecule has 1 fully saturated rings. The van der Waals surface area contributed by atoms with Gasteiger partial charge in [-0.2, -0.15) is 0 Å². The van der Waals surface area contributed by atoms with Crippen LogP contribution in [0.2, 0.25) is 10.0 Å². The fraction of sp³-hybridized carbons (Fsp3) is 0.600. The Morgan fingerprint density at radius 2 is 2.00 bits per heavy atom. The molecule has 0 radical (unpaired) electrons. The van der Waals surface area contributed by atoms with E-state index in [4.69, 9.17) is 23.2 Å². The lowest BCUT2D eigenvalue weighted by Gasteiger charge is -2.19. The molecule has 18 heavy (non-hydrogen) atoms. The summed E-state index contributed by atoms with van der Waals surface area (Å²) in [6.45, 7) is 8.87. The van der Waals surface area contributed by atoms with Gasteiger partial charge in [0.1, 0.15) is 0 Å². The molecule has 100 valence electrons. The van der Waals surface area contributed by atoms with E-state index in [1.54, 1.807) is 0 Å². The molecule has 0 saturated heterocycles.